The van der Waals surface area contributed by atoms with Crippen LogP contribution in [0.4, 0.5) is 0 Å². The van der Waals surface area contributed by atoms with Crippen LogP contribution in [0.25, 0.3) is 6.08 Å². The van der Waals surface area contributed by atoms with Crippen molar-refractivity contribution in [3.63, 3.8) is 0 Å². The predicted molar refractivity (Wildman–Crippen MR) is 66.8 cm³/mol. The lowest BCUT2D eigenvalue weighted by Crippen LogP contribution is -2.19. The molecule has 4 heteroatoms. The fraction of sp³-hybridized carbons (Fsp3) is 0.462. The summed E-state index contributed by atoms with van der Waals surface area (Å²) in [5.74, 6) is 1.06. The summed E-state index contributed by atoms with van der Waals surface area (Å²) >= 11 is 0. The molecule has 0 amide bonds. The quantitative estimate of drug-likeness (QED) is 0.609. The molecule has 0 spiro atoms. The molecule has 0 unspecified atom stereocenters. The van der Waals surface area contributed by atoms with Gasteiger partial charge in [-0.15, -0.1) is 0 Å². The minimum absolute atomic E-state index is 0.224. The van der Waals surface area contributed by atoms with Crippen LogP contribution in [-0.2, 0) is 4.74 Å². The number of hydrogen-bond donors (Lipinski definition) is 1. The van der Waals surface area contributed by atoms with E-state index in [1.54, 1.807) is 12.1 Å². The Morgan fingerprint density at radius 2 is 2.29 bits per heavy atom. The number of rotatable bonds is 6. The molecule has 0 atom stereocenters. The number of esters is 1. The fourth-order valence-corrected chi connectivity index (χ4v) is 1.28. The van der Waals surface area contributed by atoms with E-state index in [1.807, 2.05) is 12.2 Å². The zero-order valence-electron chi connectivity index (χ0n) is 10.5. The second-order valence-corrected chi connectivity index (χ2v) is 4.15. The zero-order chi connectivity index (χ0) is 12.7. The monoisotopic (exact) mass is 237 g/mol. The third kappa shape index (κ3) is 4.87. The van der Waals surface area contributed by atoms with Gasteiger partial charge in [0.1, 0.15) is 5.76 Å². The number of hydrogen-bond acceptors (Lipinski definition) is 4. The number of furan rings is 1. The Morgan fingerprint density at radius 1 is 1.53 bits per heavy atom. The molecular weight excluding hydrogens is 218 g/mol. The molecular formula is C13H19NO3. The van der Waals surface area contributed by atoms with Crippen molar-refractivity contribution in [2.75, 3.05) is 20.2 Å². The first kappa shape index (κ1) is 13.5. The van der Waals surface area contributed by atoms with E-state index in [9.17, 15) is 4.79 Å². The van der Waals surface area contributed by atoms with E-state index in [2.05, 4.69) is 23.9 Å². The summed E-state index contributed by atoms with van der Waals surface area (Å²) in [6, 6.07) is 3.35. The molecule has 0 fully saturated rings. The van der Waals surface area contributed by atoms with Crippen LogP contribution in [0, 0.1) is 5.92 Å². The molecule has 1 aromatic rings. The largest absolute Gasteiger partial charge is 0.463 e. The first-order valence-corrected chi connectivity index (χ1v) is 5.69. The molecule has 94 valence electrons. The average molecular weight is 237 g/mol. The van der Waals surface area contributed by atoms with Crippen LogP contribution in [-0.4, -0.2) is 26.2 Å². The van der Waals surface area contributed by atoms with Crippen LogP contribution in [0.3, 0.4) is 0 Å². The van der Waals surface area contributed by atoms with Crippen molar-refractivity contribution in [1.29, 1.82) is 0 Å². The summed E-state index contributed by atoms with van der Waals surface area (Å²) in [5.41, 5.74) is 0. The molecule has 0 bridgehead atoms. The summed E-state index contributed by atoms with van der Waals surface area (Å²) < 4.78 is 9.82. The molecule has 0 saturated carbocycles. The van der Waals surface area contributed by atoms with Gasteiger partial charge < -0.3 is 14.5 Å². The van der Waals surface area contributed by atoms with E-state index in [0.717, 1.165) is 13.1 Å². The van der Waals surface area contributed by atoms with Gasteiger partial charge in [0, 0.05) is 6.54 Å². The van der Waals surface area contributed by atoms with Crippen LogP contribution in [0.15, 0.2) is 22.6 Å². The average Bonchev–Trinajstić information content (AvgIpc) is 2.76. The highest BCUT2D eigenvalue weighted by molar-refractivity contribution is 5.86. The number of ether oxygens (including phenoxy) is 1. The van der Waals surface area contributed by atoms with Gasteiger partial charge in [-0.05, 0) is 30.7 Å². The van der Waals surface area contributed by atoms with Gasteiger partial charge in [0.05, 0.1) is 7.11 Å². The Morgan fingerprint density at radius 3 is 2.94 bits per heavy atom. The molecule has 1 rings (SSSR count). The first-order valence-electron chi connectivity index (χ1n) is 5.69. The molecule has 0 radical (unpaired) electrons. The van der Waals surface area contributed by atoms with E-state index >= 15 is 0 Å². The van der Waals surface area contributed by atoms with Crippen molar-refractivity contribution in [2.24, 2.45) is 5.92 Å². The highest BCUT2D eigenvalue weighted by Gasteiger charge is 2.09. The second-order valence-electron chi connectivity index (χ2n) is 4.15. The summed E-state index contributed by atoms with van der Waals surface area (Å²) in [6.45, 7) is 6.08. The van der Waals surface area contributed by atoms with Crippen molar-refractivity contribution < 1.29 is 13.9 Å². The van der Waals surface area contributed by atoms with Gasteiger partial charge in [0.15, 0.2) is 0 Å². The molecule has 0 aliphatic heterocycles. The lowest BCUT2D eigenvalue weighted by Gasteiger charge is -2.03. The Balaban J connectivity index is 2.38. The van der Waals surface area contributed by atoms with E-state index in [1.165, 1.54) is 7.11 Å². The molecule has 1 heterocycles. The molecule has 0 aromatic carbocycles. The van der Waals surface area contributed by atoms with Crippen molar-refractivity contribution in [2.45, 2.75) is 13.8 Å². The van der Waals surface area contributed by atoms with Gasteiger partial charge in [-0.2, -0.15) is 0 Å². The molecule has 1 N–H and O–H groups in total. The van der Waals surface area contributed by atoms with Gasteiger partial charge in [-0.3, -0.25) is 0 Å². The Hall–Kier alpha value is -1.55. The maximum Gasteiger partial charge on any atom is 0.373 e. The normalized spacial score (nSPS) is 11.3. The Bertz CT molecular complexity index is 380. The van der Waals surface area contributed by atoms with Crippen LogP contribution in [0.1, 0.15) is 30.2 Å². The number of carbonyl (C=O) groups excluding carboxylic acids is 1. The summed E-state index contributed by atoms with van der Waals surface area (Å²) in [6.07, 6.45) is 3.79. The lowest BCUT2D eigenvalue weighted by molar-refractivity contribution is 0.0564. The number of nitrogens with one attached hydrogen (secondary N) is 1. The predicted octanol–water partition coefficient (Wildman–Crippen LogP) is 2.33. The summed E-state index contributed by atoms with van der Waals surface area (Å²) in [7, 11) is 1.33. The fourth-order valence-electron chi connectivity index (χ4n) is 1.28. The smallest absolute Gasteiger partial charge is 0.373 e. The van der Waals surface area contributed by atoms with Gasteiger partial charge in [0.25, 0.3) is 0 Å². The van der Waals surface area contributed by atoms with Crippen molar-refractivity contribution in [3.05, 3.63) is 29.7 Å². The van der Waals surface area contributed by atoms with Crippen molar-refractivity contribution in [3.8, 4) is 0 Å². The summed E-state index contributed by atoms with van der Waals surface area (Å²) in [5, 5.41) is 3.28. The Kier molecular flexibility index (Phi) is 5.49. The van der Waals surface area contributed by atoms with Gasteiger partial charge in [-0.1, -0.05) is 19.9 Å². The van der Waals surface area contributed by atoms with Crippen LogP contribution >= 0.6 is 0 Å². The lowest BCUT2D eigenvalue weighted by atomic mass is 10.2. The molecule has 17 heavy (non-hydrogen) atoms. The standard InChI is InChI=1S/C13H19NO3/c1-10(2)9-14-8-4-5-11-6-7-12(17-11)13(15)16-3/h4-7,10,14H,8-9H2,1-3H3. The van der Waals surface area contributed by atoms with Crippen molar-refractivity contribution >= 4 is 12.0 Å². The molecule has 0 saturated heterocycles. The minimum atomic E-state index is -0.456. The highest BCUT2D eigenvalue weighted by atomic mass is 16.5. The topological polar surface area (TPSA) is 51.5 Å². The van der Waals surface area contributed by atoms with Gasteiger partial charge in [-0.25, -0.2) is 4.79 Å². The van der Waals surface area contributed by atoms with E-state index in [4.69, 9.17) is 4.42 Å². The van der Waals surface area contributed by atoms with E-state index in [-0.39, 0.29) is 5.76 Å². The number of methoxy groups -OCH3 is 1. The minimum Gasteiger partial charge on any atom is -0.463 e. The number of carbonyl (C=O) groups is 1. The third-order valence-electron chi connectivity index (χ3n) is 2.11. The maximum atomic E-state index is 11.1. The first-order chi connectivity index (χ1) is 8.13. The Labute approximate surface area is 102 Å². The van der Waals surface area contributed by atoms with Gasteiger partial charge in [0.2, 0.25) is 5.76 Å². The second kappa shape index (κ2) is 6.91. The molecule has 4 nitrogen and oxygen atoms in total. The molecule has 0 aliphatic rings. The third-order valence-corrected chi connectivity index (χ3v) is 2.11. The van der Waals surface area contributed by atoms with Crippen molar-refractivity contribution in [1.82, 2.24) is 5.32 Å². The van der Waals surface area contributed by atoms with Crippen LogP contribution < -0.4 is 5.32 Å². The SMILES string of the molecule is COC(=O)c1ccc(C=CCNCC(C)C)o1. The summed E-state index contributed by atoms with van der Waals surface area (Å²) in [4.78, 5) is 11.1. The van der Waals surface area contributed by atoms with E-state index in [0.29, 0.717) is 11.7 Å². The molecule has 1 aromatic heterocycles. The zero-order valence-corrected chi connectivity index (χ0v) is 10.5. The van der Waals surface area contributed by atoms with Gasteiger partial charge >= 0.3 is 5.97 Å². The highest BCUT2D eigenvalue weighted by Crippen LogP contribution is 2.10. The maximum absolute atomic E-state index is 11.1. The van der Waals surface area contributed by atoms with Crippen LogP contribution in [0.5, 0.6) is 0 Å². The van der Waals surface area contributed by atoms with Crippen LogP contribution in [0.2, 0.25) is 0 Å². The van der Waals surface area contributed by atoms with E-state index < -0.39 is 5.97 Å². The molecule has 0 aliphatic carbocycles.